The van der Waals surface area contributed by atoms with Crippen LogP contribution in [0.25, 0.3) is 10.9 Å². The van der Waals surface area contributed by atoms with Crippen molar-refractivity contribution in [2.24, 2.45) is 0 Å². The SMILES string of the molecule is CN(C)CCC(C#N)(c1ccccc1)c1ccnc2cccc(Cl)c12. The van der Waals surface area contributed by atoms with Crippen LogP contribution in [-0.2, 0) is 5.41 Å². The zero-order valence-corrected chi connectivity index (χ0v) is 15.2. The Morgan fingerprint density at radius 1 is 1.08 bits per heavy atom. The summed E-state index contributed by atoms with van der Waals surface area (Å²) in [6.45, 7) is 0.788. The second-order valence-electron chi connectivity index (χ2n) is 6.43. The molecule has 0 aliphatic rings. The number of hydrogen-bond donors (Lipinski definition) is 0. The third-order valence-electron chi connectivity index (χ3n) is 4.57. The molecule has 0 aliphatic carbocycles. The van der Waals surface area contributed by atoms with Crippen LogP contribution in [0.15, 0.2) is 60.8 Å². The van der Waals surface area contributed by atoms with Gasteiger partial charge >= 0.3 is 0 Å². The van der Waals surface area contributed by atoms with Crippen molar-refractivity contribution in [3.63, 3.8) is 0 Å². The molecule has 3 rings (SSSR count). The summed E-state index contributed by atoms with van der Waals surface area (Å²) in [5.41, 5.74) is 1.92. The first kappa shape index (κ1) is 17.4. The van der Waals surface area contributed by atoms with Gasteiger partial charge in [0.1, 0.15) is 5.41 Å². The highest BCUT2D eigenvalue weighted by atomic mass is 35.5. The molecule has 4 heteroatoms. The minimum atomic E-state index is -0.780. The molecular formula is C21H20ClN3. The number of nitriles is 1. The number of hydrogen-bond acceptors (Lipinski definition) is 3. The van der Waals surface area contributed by atoms with Crippen molar-refractivity contribution in [1.82, 2.24) is 9.88 Å². The third-order valence-corrected chi connectivity index (χ3v) is 4.88. The van der Waals surface area contributed by atoms with E-state index in [1.54, 1.807) is 6.20 Å². The van der Waals surface area contributed by atoms with E-state index in [9.17, 15) is 5.26 Å². The highest BCUT2D eigenvalue weighted by molar-refractivity contribution is 6.35. The first-order chi connectivity index (χ1) is 12.1. The zero-order valence-electron chi connectivity index (χ0n) is 14.4. The Hall–Kier alpha value is -2.41. The van der Waals surface area contributed by atoms with Crippen molar-refractivity contribution in [2.75, 3.05) is 20.6 Å². The fraction of sp³-hybridized carbons (Fsp3) is 0.238. The maximum atomic E-state index is 10.3. The monoisotopic (exact) mass is 349 g/mol. The number of pyridine rings is 1. The molecule has 3 nitrogen and oxygen atoms in total. The van der Waals surface area contributed by atoms with Gasteiger partial charge in [0.25, 0.3) is 0 Å². The van der Waals surface area contributed by atoms with Gasteiger partial charge in [0.05, 0.1) is 16.6 Å². The minimum Gasteiger partial charge on any atom is -0.309 e. The first-order valence-electron chi connectivity index (χ1n) is 8.24. The maximum Gasteiger partial charge on any atom is 0.109 e. The summed E-state index contributed by atoms with van der Waals surface area (Å²) in [5, 5.41) is 11.8. The molecule has 0 spiro atoms. The standard InChI is InChI=1S/C21H20ClN3/c1-25(2)14-12-21(15-23,16-7-4-3-5-8-16)17-11-13-24-19-10-6-9-18(22)20(17)19/h3-11,13H,12,14H2,1-2H3. The Morgan fingerprint density at radius 2 is 1.84 bits per heavy atom. The topological polar surface area (TPSA) is 39.9 Å². The summed E-state index contributed by atoms with van der Waals surface area (Å²) >= 11 is 6.52. The van der Waals surface area contributed by atoms with E-state index in [0.717, 1.165) is 28.6 Å². The average molecular weight is 350 g/mol. The Balaban J connectivity index is 2.31. The van der Waals surface area contributed by atoms with Crippen molar-refractivity contribution in [3.8, 4) is 6.07 Å². The molecule has 0 fully saturated rings. The fourth-order valence-electron chi connectivity index (χ4n) is 3.25. The summed E-state index contributed by atoms with van der Waals surface area (Å²) < 4.78 is 0. The van der Waals surface area contributed by atoms with Crippen LogP contribution in [0.2, 0.25) is 5.02 Å². The van der Waals surface area contributed by atoms with Gasteiger partial charge in [-0.1, -0.05) is 48.0 Å². The van der Waals surface area contributed by atoms with E-state index in [-0.39, 0.29) is 0 Å². The number of aromatic nitrogens is 1. The third kappa shape index (κ3) is 3.24. The average Bonchev–Trinajstić information content (AvgIpc) is 2.63. The maximum absolute atomic E-state index is 10.3. The Morgan fingerprint density at radius 3 is 2.52 bits per heavy atom. The van der Waals surface area contributed by atoms with Crippen LogP contribution in [0, 0.1) is 11.3 Å². The van der Waals surface area contributed by atoms with Gasteiger partial charge in [-0.2, -0.15) is 5.26 Å². The molecule has 1 unspecified atom stereocenters. The van der Waals surface area contributed by atoms with Crippen LogP contribution in [-0.4, -0.2) is 30.5 Å². The summed E-state index contributed by atoms with van der Waals surface area (Å²) in [7, 11) is 4.04. The molecule has 0 aliphatic heterocycles. The lowest BCUT2D eigenvalue weighted by Crippen LogP contribution is -2.31. The zero-order chi connectivity index (χ0) is 17.9. The Kier molecular flexibility index (Phi) is 5.03. The van der Waals surface area contributed by atoms with Crippen LogP contribution >= 0.6 is 11.6 Å². The number of fused-ring (bicyclic) bond motifs is 1. The lowest BCUT2D eigenvalue weighted by Gasteiger charge is -2.30. The largest absolute Gasteiger partial charge is 0.309 e. The molecule has 126 valence electrons. The molecular weight excluding hydrogens is 330 g/mol. The lowest BCUT2D eigenvalue weighted by molar-refractivity contribution is 0.372. The van der Waals surface area contributed by atoms with E-state index in [2.05, 4.69) is 16.0 Å². The van der Waals surface area contributed by atoms with Crippen LogP contribution in [0.1, 0.15) is 17.5 Å². The molecule has 0 amide bonds. The summed E-state index contributed by atoms with van der Waals surface area (Å²) in [4.78, 5) is 6.53. The van der Waals surface area contributed by atoms with Gasteiger partial charge in [-0.3, -0.25) is 4.98 Å². The first-order valence-corrected chi connectivity index (χ1v) is 8.61. The van der Waals surface area contributed by atoms with Gasteiger partial charge in [-0.05, 0) is 56.4 Å². The van der Waals surface area contributed by atoms with Gasteiger partial charge in [0, 0.05) is 11.6 Å². The highest BCUT2D eigenvalue weighted by Gasteiger charge is 2.36. The van der Waals surface area contributed by atoms with Gasteiger partial charge in [-0.15, -0.1) is 0 Å². The summed E-state index contributed by atoms with van der Waals surface area (Å²) in [5.74, 6) is 0. The van der Waals surface area contributed by atoms with Crippen molar-refractivity contribution in [3.05, 3.63) is 76.9 Å². The van der Waals surface area contributed by atoms with Crippen molar-refractivity contribution < 1.29 is 0 Å². The normalized spacial score (nSPS) is 13.6. The summed E-state index contributed by atoms with van der Waals surface area (Å²) in [6.07, 6.45) is 2.43. The number of nitrogens with zero attached hydrogens (tertiary/aromatic N) is 3. The van der Waals surface area contributed by atoms with Crippen molar-refractivity contribution in [2.45, 2.75) is 11.8 Å². The molecule has 0 saturated heterocycles. The molecule has 0 saturated carbocycles. The van der Waals surface area contributed by atoms with Crippen molar-refractivity contribution >= 4 is 22.5 Å². The number of rotatable bonds is 5. The van der Waals surface area contributed by atoms with Gasteiger partial charge < -0.3 is 4.90 Å². The van der Waals surface area contributed by atoms with Gasteiger partial charge in [0.15, 0.2) is 0 Å². The van der Waals surface area contributed by atoms with Gasteiger partial charge in [0.2, 0.25) is 0 Å². The smallest absolute Gasteiger partial charge is 0.109 e. The summed E-state index contributed by atoms with van der Waals surface area (Å²) in [6, 6.07) is 20.2. The second kappa shape index (κ2) is 7.23. The fourth-order valence-corrected chi connectivity index (χ4v) is 3.52. The van der Waals surface area contributed by atoms with Crippen LogP contribution in [0.5, 0.6) is 0 Å². The second-order valence-corrected chi connectivity index (χ2v) is 6.84. The molecule has 2 aromatic carbocycles. The lowest BCUT2D eigenvalue weighted by atomic mass is 9.72. The van der Waals surface area contributed by atoms with Crippen LogP contribution < -0.4 is 0 Å². The molecule has 1 heterocycles. The number of halogens is 1. The predicted molar refractivity (Wildman–Crippen MR) is 103 cm³/mol. The Bertz CT molecular complexity index is 910. The predicted octanol–water partition coefficient (Wildman–Crippen LogP) is 4.65. The van der Waals surface area contributed by atoms with Crippen LogP contribution in [0.3, 0.4) is 0 Å². The van der Waals surface area contributed by atoms with E-state index in [1.807, 2.05) is 68.7 Å². The minimum absolute atomic E-state index is 0.626. The van der Waals surface area contributed by atoms with E-state index >= 15 is 0 Å². The van der Waals surface area contributed by atoms with E-state index < -0.39 is 5.41 Å². The molecule has 0 radical (unpaired) electrons. The molecule has 1 aromatic heterocycles. The molecule has 1 atom stereocenters. The van der Waals surface area contributed by atoms with E-state index in [1.165, 1.54) is 0 Å². The van der Waals surface area contributed by atoms with Crippen molar-refractivity contribution in [1.29, 1.82) is 5.26 Å². The van der Waals surface area contributed by atoms with Gasteiger partial charge in [-0.25, -0.2) is 0 Å². The quantitative estimate of drug-likeness (QED) is 0.673. The number of benzene rings is 2. The molecule has 0 bridgehead atoms. The van der Waals surface area contributed by atoms with E-state index in [4.69, 9.17) is 11.6 Å². The molecule has 0 N–H and O–H groups in total. The molecule has 3 aromatic rings. The Labute approximate surface area is 153 Å². The highest BCUT2D eigenvalue weighted by Crippen LogP contribution is 2.40. The van der Waals surface area contributed by atoms with E-state index in [0.29, 0.717) is 11.4 Å². The molecule has 25 heavy (non-hydrogen) atoms. The van der Waals surface area contributed by atoms with Crippen LogP contribution in [0.4, 0.5) is 0 Å².